The first-order valence-corrected chi connectivity index (χ1v) is 7.66. The molecule has 0 N–H and O–H groups in total. The average molecular weight is 296 g/mol. The quantitative estimate of drug-likeness (QED) is 0.807. The van der Waals surface area contributed by atoms with Crippen LogP contribution in [0.5, 0.6) is 0 Å². The molecule has 0 radical (unpaired) electrons. The van der Waals surface area contributed by atoms with Crippen molar-refractivity contribution in [2.45, 2.75) is 27.2 Å². The van der Waals surface area contributed by atoms with E-state index in [1.807, 2.05) is 20.8 Å². The van der Waals surface area contributed by atoms with E-state index in [1.165, 1.54) is 23.5 Å². The standard InChI is InChI=1S/C15H18F2N2S/c1-4-14-15(18-9-20-14)10-7-12(17)13(8-11(10)16)19(5-2)6-3/h7-9H,4-6H2,1-3H3. The molecule has 108 valence electrons. The van der Waals surface area contributed by atoms with Crippen molar-refractivity contribution in [2.24, 2.45) is 0 Å². The monoisotopic (exact) mass is 296 g/mol. The van der Waals surface area contributed by atoms with Crippen molar-refractivity contribution in [1.29, 1.82) is 0 Å². The number of rotatable bonds is 5. The molecule has 1 aromatic heterocycles. The van der Waals surface area contributed by atoms with Crippen LogP contribution in [-0.2, 0) is 6.42 Å². The third-order valence-electron chi connectivity index (χ3n) is 3.36. The highest BCUT2D eigenvalue weighted by atomic mass is 32.1. The van der Waals surface area contributed by atoms with Crippen LogP contribution in [0.3, 0.4) is 0 Å². The SMILES string of the molecule is CCc1scnc1-c1cc(F)c(N(CC)CC)cc1F. The van der Waals surface area contributed by atoms with Gasteiger partial charge in [-0.25, -0.2) is 13.8 Å². The zero-order valence-electron chi connectivity index (χ0n) is 11.9. The lowest BCUT2D eigenvalue weighted by Gasteiger charge is -2.22. The molecule has 0 aliphatic rings. The Balaban J connectivity index is 2.51. The predicted molar refractivity (Wildman–Crippen MR) is 80.4 cm³/mol. The number of benzene rings is 1. The number of aryl methyl sites for hydroxylation is 1. The molecule has 0 unspecified atom stereocenters. The second-order valence-electron chi connectivity index (χ2n) is 4.43. The van der Waals surface area contributed by atoms with Crippen molar-refractivity contribution in [3.8, 4) is 11.3 Å². The lowest BCUT2D eigenvalue weighted by molar-refractivity contribution is 0.597. The van der Waals surface area contributed by atoms with Gasteiger partial charge in [0.25, 0.3) is 0 Å². The Morgan fingerprint density at radius 2 is 1.80 bits per heavy atom. The summed E-state index contributed by atoms with van der Waals surface area (Å²) >= 11 is 1.47. The fraction of sp³-hybridized carbons (Fsp3) is 0.400. The zero-order chi connectivity index (χ0) is 14.7. The second kappa shape index (κ2) is 6.31. The fourth-order valence-corrected chi connectivity index (χ4v) is 2.99. The lowest BCUT2D eigenvalue weighted by atomic mass is 10.1. The van der Waals surface area contributed by atoms with Gasteiger partial charge in [-0.2, -0.15) is 0 Å². The van der Waals surface area contributed by atoms with Crippen LogP contribution in [0.1, 0.15) is 25.6 Å². The summed E-state index contributed by atoms with van der Waals surface area (Å²) in [6.45, 7) is 7.11. The third kappa shape index (κ3) is 2.68. The molecular weight excluding hydrogens is 278 g/mol. The molecule has 1 heterocycles. The second-order valence-corrected chi connectivity index (χ2v) is 5.37. The van der Waals surface area contributed by atoms with Crippen molar-refractivity contribution in [2.75, 3.05) is 18.0 Å². The first-order valence-electron chi connectivity index (χ1n) is 6.79. The Kier molecular flexibility index (Phi) is 4.70. The molecule has 1 aromatic carbocycles. The van der Waals surface area contributed by atoms with Gasteiger partial charge in [-0.05, 0) is 26.3 Å². The smallest absolute Gasteiger partial charge is 0.147 e. The highest BCUT2D eigenvalue weighted by Gasteiger charge is 2.18. The van der Waals surface area contributed by atoms with Crippen LogP contribution < -0.4 is 4.90 Å². The number of halogens is 2. The largest absolute Gasteiger partial charge is 0.370 e. The van der Waals surface area contributed by atoms with E-state index in [0.29, 0.717) is 24.5 Å². The molecule has 2 nitrogen and oxygen atoms in total. The number of hydrogen-bond acceptors (Lipinski definition) is 3. The molecule has 0 spiro atoms. The highest BCUT2D eigenvalue weighted by Crippen LogP contribution is 2.32. The highest BCUT2D eigenvalue weighted by molar-refractivity contribution is 7.10. The van der Waals surface area contributed by atoms with E-state index in [2.05, 4.69) is 4.98 Å². The Morgan fingerprint density at radius 1 is 1.10 bits per heavy atom. The maximum Gasteiger partial charge on any atom is 0.147 e. The Bertz CT molecular complexity index is 592. The van der Waals surface area contributed by atoms with E-state index in [9.17, 15) is 8.78 Å². The molecule has 0 amide bonds. The van der Waals surface area contributed by atoms with Crippen molar-refractivity contribution in [1.82, 2.24) is 4.98 Å². The average Bonchev–Trinajstić information content (AvgIpc) is 2.91. The van der Waals surface area contributed by atoms with Gasteiger partial charge in [-0.1, -0.05) is 6.92 Å². The molecule has 0 atom stereocenters. The van der Waals surface area contributed by atoms with Crippen LogP contribution in [0.15, 0.2) is 17.6 Å². The number of hydrogen-bond donors (Lipinski definition) is 0. The Labute approximate surface area is 122 Å². The molecule has 0 aliphatic carbocycles. The van der Waals surface area contributed by atoms with Gasteiger partial charge in [0.05, 0.1) is 16.9 Å². The summed E-state index contributed by atoms with van der Waals surface area (Å²) in [5.74, 6) is -0.825. The minimum absolute atomic E-state index is 0.247. The minimum Gasteiger partial charge on any atom is -0.370 e. The van der Waals surface area contributed by atoms with Gasteiger partial charge < -0.3 is 4.90 Å². The Morgan fingerprint density at radius 3 is 2.40 bits per heavy atom. The number of thiazole rings is 1. The lowest BCUT2D eigenvalue weighted by Crippen LogP contribution is -2.23. The van der Waals surface area contributed by atoms with Crippen molar-refractivity contribution in [3.63, 3.8) is 0 Å². The molecule has 20 heavy (non-hydrogen) atoms. The van der Waals surface area contributed by atoms with Gasteiger partial charge in [-0.3, -0.25) is 0 Å². The maximum atomic E-state index is 14.3. The molecular formula is C15H18F2N2S. The van der Waals surface area contributed by atoms with Crippen LogP contribution >= 0.6 is 11.3 Å². The summed E-state index contributed by atoms with van der Waals surface area (Å²) < 4.78 is 28.6. The predicted octanol–water partition coefficient (Wildman–Crippen LogP) is 4.50. The van der Waals surface area contributed by atoms with Gasteiger partial charge >= 0.3 is 0 Å². The summed E-state index contributed by atoms with van der Waals surface area (Å²) in [6, 6.07) is 2.54. The van der Waals surface area contributed by atoms with Crippen LogP contribution in [0.4, 0.5) is 14.5 Å². The van der Waals surface area contributed by atoms with Crippen molar-refractivity contribution < 1.29 is 8.78 Å². The first-order chi connectivity index (χ1) is 9.62. The van der Waals surface area contributed by atoms with Crippen LogP contribution in [0.2, 0.25) is 0 Å². The van der Waals surface area contributed by atoms with Gasteiger partial charge in [0.1, 0.15) is 11.6 Å². The summed E-state index contributed by atoms with van der Waals surface area (Å²) in [7, 11) is 0. The number of anilines is 1. The van der Waals surface area contributed by atoms with Gasteiger partial charge in [-0.15, -0.1) is 11.3 Å². The summed E-state index contributed by atoms with van der Waals surface area (Å²) in [5, 5.41) is 0. The van der Waals surface area contributed by atoms with Crippen molar-refractivity contribution >= 4 is 17.0 Å². The molecule has 2 aromatic rings. The molecule has 0 saturated carbocycles. The third-order valence-corrected chi connectivity index (χ3v) is 4.34. The summed E-state index contributed by atoms with van der Waals surface area (Å²) in [5.41, 5.74) is 2.78. The molecule has 0 fully saturated rings. The van der Waals surface area contributed by atoms with Gasteiger partial charge in [0, 0.05) is 29.6 Å². The minimum atomic E-state index is -0.422. The van der Waals surface area contributed by atoms with Crippen LogP contribution in [0, 0.1) is 11.6 Å². The maximum absolute atomic E-state index is 14.3. The summed E-state index contributed by atoms with van der Waals surface area (Å²) in [6.07, 6.45) is 0.763. The molecule has 2 rings (SSSR count). The molecule has 0 bridgehead atoms. The van der Waals surface area contributed by atoms with Gasteiger partial charge in [0.2, 0.25) is 0 Å². The summed E-state index contributed by atoms with van der Waals surface area (Å²) in [4.78, 5) is 6.94. The molecule has 0 aliphatic heterocycles. The number of nitrogens with zero attached hydrogens (tertiary/aromatic N) is 2. The fourth-order valence-electron chi connectivity index (χ4n) is 2.27. The van der Waals surface area contributed by atoms with E-state index in [4.69, 9.17) is 0 Å². The van der Waals surface area contributed by atoms with E-state index < -0.39 is 11.6 Å². The van der Waals surface area contributed by atoms with Crippen LogP contribution in [0.25, 0.3) is 11.3 Å². The van der Waals surface area contributed by atoms with E-state index in [1.54, 1.807) is 10.4 Å². The van der Waals surface area contributed by atoms with E-state index in [0.717, 1.165) is 11.3 Å². The van der Waals surface area contributed by atoms with Crippen LogP contribution in [-0.4, -0.2) is 18.1 Å². The van der Waals surface area contributed by atoms with Crippen molar-refractivity contribution in [3.05, 3.63) is 34.2 Å². The number of aromatic nitrogens is 1. The zero-order valence-corrected chi connectivity index (χ0v) is 12.7. The molecule has 5 heteroatoms. The van der Waals surface area contributed by atoms with E-state index in [-0.39, 0.29) is 5.56 Å². The molecule has 0 saturated heterocycles. The Hall–Kier alpha value is -1.49. The van der Waals surface area contributed by atoms with E-state index >= 15 is 0 Å². The normalized spacial score (nSPS) is 10.8. The van der Waals surface area contributed by atoms with Gasteiger partial charge in [0.15, 0.2) is 0 Å². The topological polar surface area (TPSA) is 16.1 Å². The first kappa shape index (κ1) is 14.9.